The molecule has 0 saturated heterocycles. The molecule has 14 heteroatoms. The van der Waals surface area contributed by atoms with E-state index in [0.29, 0.717) is 48.8 Å². The first kappa shape index (κ1) is 27.3. The third kappa shape index (κ3) is 4.51. The molecular formula is C24H12Br3Cl3N3O4P. The molecule has 6 rings (SSSR count). The Kier molecular flexibility index (Phi) is 6.88. The molecule has 3 heterocycles. The second-order valence-corrected chi connectivity index (χ2v) is 14.5. The van der Waals surface area contributed by atoms with E-state index in [2.05, 4.69) is 62.8 Å². The molecule has 38 heavy (non-hydrogen) atoms. The van der Waals surface area contributed by atoms with Gasteiger partial charge in [0.05, 0.1) is 50.8 Å². The lowest BCUT2D eigenvalue weighted by Crippen LogP contribution is -2.30. The Morgan fingerprint density at radius 1 is 0.579 bits per heavy atom. The van der Waals surface area contributed by atoms with Gasteiger partial charge in [-0.15, -0.1) is 0 Å². The van der Waals surface area contributed by atoms with Crippen LogP contribution in [0.4, 0.5) is 17.1 Å². The Morgan fingerprint density at radius 3 is 1.16 bits per heavy atom. The van der Waals surface area contributed by atoms with Gasteiger partial charge in [-0.05, 0) is 84.2 Å². The van der Waals surface area contributed by atoms with Crippen LogP contribution in [0.2, 0.25) is 15.1 Å². The van der Waals surface area contributed by atoms with E-state index in [4.69, 9.17) is 48.4 Å². The minimum Gasteiger partial charge on any atom is -0.258 e. The normalized spacial score (nSPS) is 27.8. The van der Waals surface area contributed by atoms with E-state index in [9.17, 15) is 4.57 Å². The highest BCUT2D eigenvalue weighted by molar-refractivity contribution is 9.10. The third-order valence-corrected chi connectivity index (χ3v) is 11.4. The van der Waals surface area contributed by atoms with Crippen LogP contribution in [0.15, 0.2) is 69.6 Å². The number of hydrogen-bond acceptors (Lipinski definition) is 7. The van der Waals surface area contributed by atoms with Crippen molar-refractivity contribution in [1.82, 2.24) is 0 Å². The van der Waals surface area contributed by atoms with Crippen molar-refractivity contribution < 1.29 is 18.1 Å². The van der Waals surface area contributed by atoms with Crippen LogP contribution in [0.3, 0.4) is 0 Å². The minimum atomic E-state index is -4.68. The molecule has 0 bridgehead atoms. The molecule has 0 radical (unpaired) electrons. The largest absolute Gasteiger partial charge is 0.480 e. The molecule has 3 unspecified atom stereocenters. The Morgan fingerprint density at radius 2 is 0.868 bits per heavy atom. The molecular weight excluding hydrogens is 771 g/mol. The van der Waals surface area contributed by atoms with Crippen molar-refractivity contribution in [3.63, 3.8) is 0 Å². The summed E-state index contributed by atoms with van der Waals surface area (Å²) in [4.78, 5) is 13.1. The van der Waals surface area contributed by atoms with Gasteiger partial charge in [-0.2, -0.15) is 0 Å². The second-order valence-electron chi connectivity index (χ2n) is 8.33. The van der Waals surface area contributed by atoms with E-state index in [1.54, 1.807) is 54.6 Å². The molecule has 3 aliphatic heterocycles. The number of nitrogens with zero attached hydrogens (tertiary/aromatic N) is 3. The fraction of sp³-hybridized carbons (Fsp3) is 0.125. The first-order valence-corrected chi connectivity index (χ1v) is 15.7. The smallest absolute Gasteiger partial charge is 0.258 e. The summed E-state index contributed by atoms with van der Waals surface area (Å²) < 4.78 is 28.6. The van der Waals surface area contributed by atoms with Crippen molar-refractivity contribution >= 4 is 126 Å². The maximum atomic E-state index is 14.8. The summed E-state index contributed by atoms with van der Waals surface area (Å²) in [7, 11) is -4.68. The average Bonchev–Trinajstić information content (AvgIpc) is 3.47. The summed E-state index contributed by atoms with van der Waals surface area (Å²) in [5.74, 6) is 0. The number of halogens is 6. The van der Waals surface area contributed by atoms with Crippen molar-refractivity contribution in [1.29, 1.82) is 0 Å². The summed E-state index contributed by atoms with van der Waals surface area (Å²) in [6.45, 7) is 0. The lowest BCUT2D eigenvalue weighted by Gasteiger charge is -2.34. The van der Waals surface area contributed by atoms with Crippen molar-refractivity contribution in [3.05, 3.63) is 86.4 Å². The zero-order valence-corrected chi connectivity index (χ0v) is 26.5. The van der Waals surface area contributed by atoms with Crippen LogP contribution in [0.25, 0.3) is 0 Å². The second kappa shape index (κ2) is 9.58. The van der Waals surface area contributed by atoms with Gasteiger partial charge in [0.15, 0.2) is 13.5 Å². The monoisotopic (exact) mass is 779 g/mol. The Hall–Kier alpha value is -0.910. The molecule has 0 aliphatic carbocycles. The van der Waals surface area contributed by atoms with E-state index < -0.39 is 21.4 Å². The van der Waals surface area contributed by atoms with Gasteiger partial charge in [0.2, 0.25) is 0 Å². The topological polar surface area (TPSA) is 81.8 Å². The molecule has 0 amide bonds. The Bertz CT molecular complexity index is 1470. The van der Waals surface area contributed by atoms with E-state index in [0.717, 1.165) is 0 Å². The quantitative estimate of drug-likeness (QED) is 0.184. The number of phosphoric acid groups is 1. The number of phosphoric ester groups is 1. The van der Waals surface area contributed by atoms with Crippen molar-refractivity contribution in [3.8, 4) is 0 Å². The van der Waals surface area contributed by atoms with E-state index in [1.807, 2.05) is 0 Å². The van der Waals surface area contributed by atoms with Crippen LogP contribution in [0, 0.1) is 0 Å². The van der Waals surface area contributed by atoms with Crippen molar-refractivity contribution in [2.75, 3.05) is 0 Å². The van der Waals surface area contributed by atoms with Crippen molar-refractivity contribution in [2.45, 2.75) is 13.5 Å². The van der Waals surface area contributed by atoms with Crippen LogP contribution < -0.4 is 0 Å². The fourth-order valence-electron chi connectivity index (χ4n) is 4.28. The molecule has 0 spiro atoms. The molecule has 194 valence electrons. The lowest BCUT2D eigenvalue weighted by atomic mass is 10.1. The molecule has 7 nitrogen and oxygen atoms in total. The predicted molar refractivity (Wildman–Crippen MR) is 161 cm³/mol. The number of hydrogen-bond donors (Lipinski definition) is 0. The molecule has 3 aliphatic rings. The Balaban J connectivity index is 1.46. The van der Waals surface area contributed by atoms with Gasteiger partial charge in [0.1, 0.15) is 0 Å². The summed E-state index contributed by atoms with van der Waals surface area (Å²) in [5, 5.41) is 0.992. The summed E-state index contributed by atoms with van der Waals surface area (Å²) >= 11 is 30.0. The third-order valence-electron chi connectivity index (χ3n) is 5.84. The van der Waals surface area contributed by atoms with Crippen LogP contribution in [0.5, 0.6) is 0 Å². The van der Waals surface area contributed by atoms with Crippen molar-refractivity contribution in [2.24, 2.45) is 15.0 Å². The van der Waals surface area contributed by atoms with Gasteiger partial charge in [-0.1, -0.05) is 53.0 Å². The molecule has 0 aromatic heterocycles. The average molecular weight is 783 g/mol. The summed E-state index contributed by atoms with van der Waals surface area (Å²) in [6, 6.07) is 15.5. The fourth-order valence-corrected chi connectivity index (χ4v) is 10.2. The first-order chi connectivity index (χ1) is 18.0. The first-order valence-electron chi connectivity index (χ1n) is 10.8. The number of alkyl halides is 3. The molecule has 3 aromatic carbocycles. The summed E-state index contributed by atoms with van der Waals surface area (Å²) in [5.41, 5.74) is 2.86. The predicted octanol–water partition coefficient (Wildman–Crippen LogP) is 10.00. The van der Waals surface area contributed by atoms with Crippen LogP contribution in [-0.2, 0) is 31.7 Å². The maximum Gasteiger partial charge on any atom is 0.480 e. The van der Waals surface area contributed by atoms with Gasteiger partial charge >= 0.3 is 7.82 Å². The highest BCUT2D eigenvalue weighted by Gasteiger charge is 2.55. The summed E-state index contributed by atoms with van der Waals surface area (Å²) in [6.07, 6.45) is 4.24. The van der Waals surface area contributed by atoms with E-state index >= 15 is 0 Å². The standard InChI is InChI=1S/C24H12Br3Cl3N3O4P/c25-22(10-31-16-7-1-4-13(28)19(16)22)35-38(34,36-23(26)11-32-17-8-2-5-14(29)20(17)23)37-24(27)12-33-18-9-3-6-15(30)21(18)24/h1-12H. The van der Waals surface area contributed by atoms with Gasteiger partial charge in [-0.25, -0.2) is 4.57 Å². The van der Waals surface area contributed by atoms with Gasteiger partial charge < -0.3 is 0 Å². The van der Waals surface area contributed by atoms with Gasteiger partial charge in [0, 0.05) is 16.7 Å². The Labute approximate surface area is 257 Å². The zero-order valence-electron chi connectivity index (χ0n) is 18.6. The molecule has 0 N–H and O–H groups in total. The minimum absolute atomic E-state index is 0.331. The number of fused-ring (bicyclic) bond motifs is 3. The molecule has 3 atom stereocenters. The zero-order chi connectivity index (χ0) is 26.9. The lowest BCUT2D eigenvalue weighted by molar-refractivity contribution is 0.0591. The van der Waals surface area contributed by atoms with Crippen LogP contribution in [0.1, 0.15) is 16.7 Å². The SMILES string of the molecule is O=P(OC1(Br)C=Nc2cccc(Cl)c21)(OC1(Br)C=Nc2cccc(Cl)c21)OC1(Br)C=Nc2cccc(Cl)c21. The van der Waals surface area contributed by atoms with Gasteiger partial charge in [-0.3, -0.25) is 28.5 Å². The maximum absolute atomic E-state index is 14.8. The number of benzene rings is 3. The molecule has 3 aromatic rings. The van der Waals surface area contributed by atoms with Crippen LogP contribution in [-0.4, -0.2) is 18.6 Å². The molecule has 0 saturated carbocycles. The van der Waals surface area contributed by atoms with Gasteiger partial charge in [0.25, 0.3) is 0 Å². The molecule has 0 fully saturated rings. The highest BCUT2D eigenvalue weighted by Crippen LogP contribution is 2.68. The number of aliphatic imine (C=N–C) groups is 3. The number of rotatable bonds is 6. The van der Waals surface area contributed by atoms with E-state index in [1.165, 1.54) is 18.6 Å². The van der Waals surface area contributed by atoms with Crippen LogP contribution >= 0.6 is 90.4 Å². The highest BCUT2D eigenvalue weighted by atomic mass is 79.9. The van der Waals surface area contributed by atoms with E-state index in [-0.39, 0.29) is 0 Å².